The highest BCUT2D eigenvalue weighted by Gasteiger charge is 2.29. The van der Waals surface area contributed by atoms with Gasteiger partial charge in [-0.3, -0.25) is 0 Å². The molecule has 176 valence electrons. The number of phenols is 2. The molecule has 0 saturated heterocycles. The SMILES string of the molecule is C=CC(C)(C)c1cc(Sc2cc(C(C)(C)C)c(O)c(C(C)(C)C)c2)cc(C(C)(C)C)c1O. The Bertz CT molecular complexity index is 974. The molecule has 0 radical (unpaired) electrons. The zero-order chi connectivity index (χ0) is 24.9. The van der Waals surface area contributed by atoms with Gasteiger partial charge in [0.25, 0.3) is 0 Å². The van der Waals surface area contributed by atoms with Crippen LogP contribution in [-0.2, 0) is 21.7 Å². The van der Waals surface area contributed by atoms with Gasteiger partial charge in [-0.15, -0.1) is 6.58 Å². The van der Waals surface area contributed by atoms with Crippen LogP contribution in [0, 0.1) is 0 Å². The van der Waals surface area contributed by atoms with E-state index in [1.807, 2.05) is 6.08 Å². The van der Waals surface area contributed by atoms with Gasteiger partial charge in [-0.1, -0.05) is 94.0 Å². The van der Waals surface area contributed by atoms with E-state index in [9.17, 15) is 10.2 Å². The maximum atomic E-state index is 11.1. The van der Waals surface area contributed by atoms with Gasteiger partial charge in [0.2, 0.25) is 0 Å². The van der Waals surface area contributed by atoms with Crippen molar-refractivity contribution in [2.45, 2.75) is 108 Å². The minimum absolute atomic E-state index is 0.178. The van der Waals surface area contributed by atoms with E-state index in [1.54, 1.807) is 11.8 Å². The molecule has 0 unspecified atom stereocenters. The zero-order valence-corrected chi connectivity index (χ0v) is 22.7. The largest absolute Gasteiger partial charge is 0.507 e. The highest BCUT2D eigenvalue weighted by molar-refractivity contribution is 7.99. The maximum Gasteiger partial charge on any atom is 0.123 e. The molecule has 0 aliphatic heterocycles. The Morgan fingerprint density at radius 1 is 0.594 bits per heavy atom. The summed E-state index contributed by atoms with van der Waals surface area (Å²) in [6.07, 6.45) is 1.89. The smallest absolute Gasteiger partial charge is 0.123 e. The molecule has 0 atom stereocenters. The molecule has 3 heteroatoms. The van der Waals surface area contributed by atoms with Crippen LogP contribution in [0.25, 0.3) is 0 Å². The summed E-state index contributed by atoms with van der Waals surface area (Å²) >= 11 is 1.68. The number of rotatable bonds is 4. The first-order chi connectivity index (χ1) is 14.3. The molecule has 0 aliphatic carbocycles. The highest BCUT2D eigenvalue weighted by Crippen LogP contribution is 2.46. The average Bonchev–Trinajstić information content (AvgIpc) is 2.61. The van der Waals surface area contributed by atoms with Crippen molar-refractivity contribution < 1.29 is 10.2 Å². The van der Waals surface area contributed by atoms with Gasteiger partial charge < -0.3 is 10.2 Å². The van der Waals surface area contributed by atoms with E-state index in [4.69, 9.17) is 0 Å². The number of aromatic hydroxyl groups is 2. The molecule has 2 nitrogen and oxygen atoms in total. The minimum Gasteiger partial charge on any atom is -0.507 e. The van der Waals surface area contributed by atoms with E-state index in [1.165, 1.54) is 0 Å². The maximum absolute atomic E-state index is 11.1. The Morgan fingerprint density at radius 2 is 0.875 bits per heavy atom. The van der Waals surface area contributed by atoms with Crippen LogP contribution >= 0.6 is 11.8 Å². The van der Waals surface area contributed by atoms with Gasteiger partial charge in [-0.05, 0) is 40.5 Å². The van der Waals surface area contributed by atoms with Crippen LogP contribution in [0.15, 0.2) is 46.7 Å². The van der Waals surface area contributed by atoms with Crippen molar-refractivity contribution in [1.82, 2.24) is 0 Å². The van der Waals surface area contributed by atoms with E-state index in [2.05, 4.69) is 107 Å². The molecule has 0 aliphatic rings. The van der Waals surface area contributed by atoms with Crippen LogP contribution in [0.1, 0.15) is 98.4 Å². The van der Waals surface area contributed by atoms with Crippen LogP contribution in [0.4, 0.5) is 0 Å². The first-order valence-electron chi connectivity index (χ1n) is 11.4. The monoisotopic (exact) mass is 454 g/mol. The van der Waals surface area contributed by atoms with Crippen molar-refractivity contribution >= 4 is 11.8 Å². The quantitative estimate of drug-likeness (QED) is 0.454. The van der Waals surface area contributed by atoms with Crippen molar-refractivity contribution in [2.75, 3.05) is 0 Å². The second-order valence-electron chi connectivity index (χ2n) is 12.5. The standard InChI is InChI=1S/C29H42O2S/c1-13-29(11,12)23-17-19(16-22(25(23)31)28(8,9)10)32-18-14-20(26(2,3)4)24(30)21(15-18)27(5,6)7/h13-17,30-31H,1H2,2-12H3. The Morgan fingerprint density at radius 3 is 1.16 bits per heavy atom. The second-order valence-corrected chi connectivity index (χ2v) is 13.7. The van der Waals surface area contributed by atoms with Crippen LogP contribution in [0.3, 0.4) is 0 Å². The Kier molecular flexibility index (Phi) is 6.99. The predicted octanol–water partition coefficient (Wildman–Crippen LogP) is 8.61. The molecule has 2 aromatic carbocycles. The third-order valence-corrected chi connectivity index (χ3v) is 6.97. The number of benzene rings is 2. The van der Waals surface area contributed by atoms with E-state index < -0.39 is 0 Å². The van der Waals surface area contributed by atoms with Gasteiger partial charge in [-0.2, -0.15) is 0 Å². The molecule has 2 N–H and O–H groups in total. The molecule has 2 aromatic rings. The minimum atomic E-state index is -0.358. The lowest BCUT2D eigenvalue weighted by Crippen LogP contribution is -2.18. The van der Waals surface area contributed by atoms with Crippen LogP contribution < -0.4 is 0 Å². The molecule has 0 saturated carbocycles. The summed E-state index contributed by atoms with van der Waals surface area (Å²) in [6.45, 7) is 27.3. The lowest BCUT2D eigenvalue weighted by Gasteiger charge is -2.29. The summed E-state index contributed by atoms with van der Waals surface area (Å²) < 4.78 is 0. The van der Waals surface area contributed by atoms with Gasteiger partial charge in [0, 0.05) is 37.5 Å². The fourth-order valence-electron chi connectivity index (χ4n) is 3.79. The van der Waals surface area contributed by atoms with Crippen molar-refractivity contribution in [3.8, 4) is 11.5 Å². The molecule has 0 bridgehead atoms. The predicted molar refractivity (Wildman–Crippen MR) is 140 cm³/mol. The molecule has 0 aromatic heterocycles. The van der Waals surface area contributed by atoms with E-state index >= 15 is 0 Å². The van der Waals surface area contributed by atoms with E-state index in [-0.39, 0.29) is 21.7 Å². The Balaban J connectivity index is 2.76. The van der Waals surface area contributed by atoms with Crippen LogP contribution in [0.2, 0.25) is 0 Å². The van der Waals surface area contributed by atoms with Crippen molar-refractivity contribution in [1.29, 1.82) is 0 Å². The van der Waals surface area contributed by atoms with Crippen LogP contribution in [0.5, 0.6) is 11.5 Å². The molecular formula is C29H42O2S. The summed E-state index contributed by atoms with van der Waals surface area (Å²) in [7, 11) is 0. The topological polar surface area (TPSA) is 40.5 Å². The van der Waals surface area contributed by atoms with E-state index in [0.29, 0.717) is 11.5 Å². The summed E-state index contributed by atoms with van der Waals surface area (Å²) in [4.78, 5) is 2.16. The molecule has 0 heterocycles. The van der Waals surface area contributed by atoms with Gasteiger partial charge in [0.1, 0.15) is 11.5 Å². The van der Waals surface area contributed by atoms with Crippen molar-refractivity contribution in [3.63, 3.8) is 0 Å². The second kappa shape index (κ2) is 8.48. The molecule has 2 rings (SSSR count). The van der Waals surface area contributed by atoms with E-state index in [0.717, 1.165) is 32.0 Å². The Labute approximate surface area is 200 Å². The number of hydrogen-bond acceptors (Lipinski definition) is 3. The van der Waals surface area contributed by atoms with Gasteiger partial charge in [0.15, 0.2) is 0 Å². The number of hydrogen-bond donors (Lipinski definition) is 2. The van der Waals surface area contributed by atoms with Crippen molar-refractivity contribution in [3.05, 3.63) is 59.2 Å². The first kappa shape index (κ1) is 26.4. The summed E-state index contributed by atoms with van der Waals surface area (Å²) in [5, 5.41) is 22.2. The lowest BCUT2D eigenvalue weighted by molar-refractivity contribution is 0.422. The third-order valence-electron chi connectivity index (χ3n) is 6.03. The third kappa shape index (κ3) is 5.54. The Hall–Kier alpha value is -1.87. The molecule has 32 heavy (non-hydrogen) atoms. The van der Waals surface area contributed by atoms with Gasteiger partial charge in [0.05, 0.1) is 0 Å². The summed E-state index contributed by atoms with van der Waals surface area (Å²) in [5.74, 6) is 0.743. The zero-order valence-electron chi connectivity index (χ0n) is 21.9. The number of allylic oxidation sites excluding steroid dienone is 1. The summed E-state index contributed by atoms with van der Waals surface area (Å²) in [6, 6.07) is 8.40. The molecular weight excluding hydrogens is 412 g/mol. The average molecular weight is 455 g/mol. The highest BCUT2D eigenvalue weighted by atomic mass is 32.2. The van der Waals surface area contributed by atoms with Gasteiger partial charge >= 0.3 is 0 Å². The fraction of sp³-hybridized carbons (Fsp3) is 0.517. The lowest BCUT2D eigenvalue weighted by atomic mass is 9.78. The number of phenolic OH excluding ortho intramolecular Hbond substituents is 2. The molecule has 0 amide bonds. The first-order valence-corrected chi connectivity index (χ1v) is 12.2. The fourth-order valence-corrected chi connectivity index (χ4v) is 4.77. The molecule has 0 spiro atoms. The van der Waals surface area contributed by atoms with Crippen molar-refractivity contribution in [2.24, 2.45) is 0 Å². The molecule has 0 fully saturated rings. The van der Waals surface area contributed by atoms with Crippen LogP contribution in [-0.4, -0.2) is 10.2 Å². The normalized spacial score (nSPS) is 13.3. The summed E-state index contributed by atoms with van der Waals surface area (Å²) in [5.41, 5.74) is 2.80. The van der Waals surface area contributed by atoms with Gasteiger partial charge in [-0.25, -0.2) is 0 Å².